The van der Waals surface area contributed by atoms with Gasteiger partial charge in [0.05, 0.1) is 5.92 Å². The fourth-order valence-electron chi connectivity index (χ4n) is 3.84. The number of hydrogen-bond acceptors (Lipinski definition) is 2. The molecule has 2 aliphatic rings. The summed E-state index contributed by atoms with van der Waals surface area (Å²) in [5.41, 5.74) is 0. The zero-order chi connectivity index (χ0) is 14.5. The number of carboxylic acid groups (broad SMARTS) is 1. The molecule has 4 nitrogen and oxygen atoms in total. The summed E-state index contributed by atoms with van der Waals surface area (Å²) in [6.07, 6.45) is 9.35. The van der Waals surface area contributed by atoms with E-state index in [1.165, 1.54) is 25.7 Å². The maximum atomic E-state index is 12.4. The second-order valence-electron chi connectivity index (χ2n) is 6.48. The number of nitrogens with one attached hydrogen (secondary N) is 1. The molecule has 0 aromatic heterocycles. The van der Waals surface area contributed by atoms with Gasteiger partial charge in [0, 0.05) is 12.0 Å². The van der Waals surface area contributed by atoms with Crippen LogP contribution in [-0.2, 0) is 9.59 Å². The molecule has 0 radical (unpaired) electrons. The van der Waals surface area contributed by atoms with Gasteiger partial charge in [-0.25, -0.2) is 0 Å². The maximum absolute atomic E-state index is 12.4. The van der Waals surface area contributed by atoms with Crippen LogP contribution in [0.3, 0.4) is 0 Å². The molecule has 0 spiro atoms. The van der Waals surface area contributed by atoms with E-state index in [0.29, 0.717) is 12.3 Å². The Morgan fingerprint density at radius 3 is 2.45 bits per heavy atom. The van der Waals surface area contributed by atoms with Gasteiger partial charge in [0.25, 0.3) is 0 Å². The first-order chi connectivity index (χ1) is 9.61. The van der Waals surface area contributed by atoms with Crippen molar-refractivity contribution in [3.63, 3.8) is 0 Å². The minimum atomic E-state index is -0.767. The van der Waals surface area contributed by atoms with Gasteiger partial charge in [-0.1, -0.05) is 39.0 Å². The van der Waals surface area contributed by atoms with Gasteiger partial charge in [-0.15, -0.1) is 0 Å². The topological polar surface area (TPSA) is 66.4 Å². The molecule has 2 saturated carbocycles. The number of carbonyl (C=O) groups is 2. The molecule has 0 heterocycles. The van der Waals surface area contributed by atoms with Gasteiger partial charge in [0.2, 0.25) is 5.91 Å². The number of amides is 1. The van der Waals surface area contributed by atoms with Gasteiger partial charge in [-0.2, -0.15) is 0 Å². The molecule has 4 heteroatoms. The minimum Gasteiger partial charge on any atom is -0.481 e. The van der Waals surface area contributed by atoms with Crippen LogP contribution < -0.4 is 5.32 Å². The Kier molecular flexibility index (Phi) is 5.44. The predicted octanol–water partition coefficient (Wildman–Crippen LogP) is 2.96. The summed E-state index contributed by atoms with van der Waals surface area (Å²) < 4.78 is 0. The molecule has 0 bridgehead atoms. The molecule has 3 atom stereocenters. The normalized spacial score (nSPS) is 28.4. The molecule has 114 valence electrons. The van der Waals surface area contributed by atoms with Crippen LogP contribution in [-0.4, -0.2) is 23.0 Å². The zero-order valence-corrected chi connectivity index (χ0v) is 12.4. The summed E-state index contributed by atoms with van der Waals surface area (Å²) in [5, 5.41) is 12.2. The van der Waals surface area contributed by atoms with E-state index >= 15 is 0 Å². The monoisotopic (exact) mass is 281 g/mol. The van der Waals surface area contributed by atoms with E-state index in [9.17, 15) is 14.7 Å². The third-order valence-electron chi connectivity index (χ3n) is 5.12. The summed E-state index contributed by atoms with van der Waals surface area (Å²) >= 11 is 0. The zero-order valence-electron chi connectivity index (χ0n) is 12.4. The lowest BCUT2D eigenvalue weighted by Gasteiger charge is -2.23. The van der Waals surface area contributed by atoms with Crippen molar-refractivity contribution >= 4 is 11.9 Å². The Bertz CT molecular complexity index is 350. The summed E-state index contributed by atoms with van der Waals surface area (Å²) in [5.74, 6) is -0.310. The average Bonchev–Trinajstić information content (AvgIpc) is 3.06. The first kappa shape index (κ1) is 15.3. The second-order valence-corrected chi connectivity index (χ2v) is 6.48. The number of aliphatic carboxylic acids is 1. The van der Waals surface area contributed by atoms with E-state index < -0.39 is 5.97 Å². The van der Waals surface area contributed by atoms with Crippen LogP contribution in [0, 0.1) is 17.8 Å². The number of rotatable bonds is 6. The molecule has 0 aromatic carbocycles. The van der Waals surface area contributed by atoms with Crippen LogP contribution in [0.25, 0.3) is 0 Å². The molecule has 20 heavy (non-hydrogen) atoms. The molecule has 1 amide bonds. The highest BCUT2D eigenvalue weighted by molar-refractivity contribution is 5.80. The van der Waals surface area contributed by atoms with Gasteiger partial charge in [0.15, 0.2) is 0 Å². The largest absolute Gasteiger partial charge is 0.481 e. The lowest BCUT2D eigenvalue weighted by atomic mass is 9.90. The van der Waals surface area contributed by atoms with Crippen molar-refractivity contribution in [1.82, 2.24) is 5.32 Å². The molecule has 0 aromatic rings. The van der Waals surface area contributed by atoms with Gasteiger partial charge in [-0.3, -0.25) is 9.59 Å². The average molecular weight is 281 g/mol. The summed E-state index contributed by atoms with van der Waals surface area (Å²) in [7, 11) is 0. The fraction of sp³-hybridized carbons (Fsp3) is 0.875. The number of carbonyl (C=O) groups excluding carboxylic acids is 1. The van der Waals surface area contributed by atoms with E-state index in [-0.39, 0.29) is 23.8 Å². The maximum Gasteiger partial charge on any atom is 0.308 e. The quantitative estimate of drug-likeness (QED) is 0.786. The van der Waals surface area contributed by atoms with E-state index in [1.807, 2.05) is 0 Å². The lowest BCUT2D eigenvalue weighted by molar-refractivity contribution is -0.142. The van der Waals surface area contributed by atoms with Gasteiger partial charge < -0.3 is 10.4 Å². The molecule has 0 saturated heterocycles. The van der Waals surface area contributed by atoms with Crippen LogP contribution in [0.4, 0.5) is 0 Å². The van der Waals surface area contributed by atoms with Gasteiger partial charge in [0.1, 0.15) is 0 Å². The third kappa shape index (κ3) is 3.74. The molecule has 2 rings (SSSR count). The fourth-order valence-corrected chi connectivity index (χ4v) is 3.84. The van der Waals surface area contributed by atoms with Gasteiger partial charge in [-0.05, 0) is 31.6 Å². The predicted molar refractivity (Wildman–Crippen MR) is 77.3 cm³/mol. The van der Waals surface area contributed by atoms with Crippen LogP contribution in [0.1, 0.15) is 64.7 Å². The standard InChI is InChI=1S/C16H27NO3/c1-2-12(10-11-6-3-4-7-11)15(18)17-14-9-5-8-13(14)16(19)20/h11-14H,2-10H2,1H3,(H,17,18)(H,19,20)/t12?,13-,14+/m0/s1. The molecule has 2 fully saturated rings. The van der Waals surface area contributed by atoms with Crippen molar-refractivity contribution in [2.45, 2.75) is 70.8 Å². The summed E-state index contributed by atoms with van der Waals surface area (Å²) in [6, 6.07) is -0.155. The number of carboxylic acids is 1. The van der Waals surface area contributed by atoms with E-state index in [1.54, 1.807) is 0 Å². The van der Waals surface area contributed by atoms with Crippen molar-refractivity contribution in [3.05, 3.63) is 0 Å². The number of hydrogen-bond donors (Lipinski definition) is 2. The highest BCUT2D eigenvalue weighted by Gasteiger charge is 2.35. The molecule has 2 aliphatic carbocycles. The molecule has 2 N–H and O–H groups in total. The molecule has 0 aliphatic heterocycles. The van der Waals surface area contributed by atoms with Crippen molar-refractivity contribution < 1.29 is 14.7 Å². The Labute approximate surface area is 121 Å². The van der Waals surface area contributed by atoms with Gasteiger partial charge >= 0.3 is 5.97 Å². The minimum absolute atomic E-state index is 0.0631. The lowest BCUT2D eigenvalue weighted by Crippen LogP contribution is -2.43. The third-order valence-corrected chi connectivity index (χ3v) is 5.12. The van der Waals surface area contributed by atoms with Crippen molar-refractivity contribution in [2.24, 2.45) is 17.8 Å². The summed E-state index contributed by atoms with van der Waals surface area (Å²) in [4.78, 5) is 23.5. The smallest absolute Gasteiger partial charge is 0.308 e. The first-order valence-electron chi connectivity index (χ1n) is 8.15. The molecular weight excluding hydrogens is 254 g/mol. The Balaban J connectivity index is 1.86. The molecule has 1 unspecified atom stereocenters. The van der Waals surface area contributed by atoms with Crippen LogP contribution in [0.5, 0.6) is 0 Å². The highest BCUT2D eigenvalue weighted by Crippen LogP contribution is 2.32. The highest BCUT2D eigenvalue weighted by atomic mass is 16.4. The van der Waals surface area contributed by atoms with Crippen LogP contribution in [0.15, 0.2) is 0 Å². The first-order valence-corrected chi connectivity index (χ1v) is 8.15. The van der Waals surface area contributed by atoms with Crippen LogP contribution >= 0.6 is 0 Å². The van der Waals surface area contributed by atoms with E-state index in [4.69, 9.17) is 0 Å². The molecular formula is C16H27NO3. The SMILES string of the molecule is CCC(CC1CCCC1)C(=O)N[C@@H]1CCC[C@@H]1C(=O)O. The van der Waals surface area contributed by atoms with Crippen molar-refractivity contribution in [1.29, 1.82) is 0 Å². The van der Waals surface area contributed by atoms with E-state index in [2.05, 4.69) is 12.2 Å². The van der Waals surface area contributed by atoms with Crippen molar-refractivity contribution in [2.75, 3.05) is 0 Å². The van der Waals surface area contributed by atoms with Crippen LogP contribution in [0.2, 0.25) is 0 Å². The summed E-state index contributed by atoms with van der Waals surface area (Å²) in [6.45, 7) is 2.06. The Morgan fingerprint density at radius 2 is 1.85 bits per heavy atom. The Morgan fingerprint density at radius 1 is 1.15 bits per heavy atom. The second kappa shape index (κ2) is 7.09. The van der Waals surface area contributed by atoms with E-state index in [0.717, 1.165) is 25.7 Å². The Hall–Kier alpha value is -1.06. The van der Waals surface area contributed by atoms with Crippen molar-refractivity contribution in [3.8, 4) is 0 Å².